The summed E-state index contributed by atoms with van der Waals surface area (Å²) >= 11 is 0. The highest BCUT2D eigenvalue weighted by Gasteiger charge is 2.24. The van der Waals surface area contributed by atoms with Crippen LogP contribution in [0.3, 0.4) is 0 Å². The molecule has 0 radical (unpaired) electrons. The molecule has 0 aliphatic carbocycles. The number of tetrazole rings is 1. The molecular formula is C17H21FN8. The second-order valence-corrected chi connectivity index (χ2v) is 6.61. The second-order valence-electron chi connectivity index (χ2n) is 6.61. The van der Waals surface area contributed by atoms with Crippen molar-refractivity contribution in [3.05, 3.63) is 34.9 Å². The molecule has 3 aromatic rings. The van der Waals surface area contributed by atoms with Crippen molar-refractivity contribution in [2.45, 2.75) is 20.8 Å². The predicted octanol–water partition coefficient (Wildman–Crippen LogP) is 1.98. The van der Waals surface area contributed by atoms with Gasteiger partial charge in [-0.2, -0.15) is 10.3 Å². The summed E-state index contributed by atoms with van der Waals surface area (Å²) < 4.78 is 14.6. The molecule has 8 nitrogen and oxygen atoms in total. The van der Waals surface area contributed by atoms with Gasteiger partial charge in [-0.15, -0.1) is 10.2 Å². The van der Waals surface area contributed by atoms with Crippen LogP contribution >= 0.6 is 0 Å². The lowest BCUT2D eigenvalue weighted by Gasteiger charge is -2.37. The molecule has 1 aliphatic heterocycles. The number of aromatic amines is 2. The van der Waals surface area contributed by atoms with Gasteiger partial charge < -0.3 is 9.80 Å². The number of piperazine rings is 1. The van der Waals surface area contributed by atoms with Crippen molar-refractivity contribution < 1.29 is 4.39 Å². The largest absolute Gasteiger partial charge is 0.366 e. The van der Waals surface area contributed by atoms with Crippen molar-refractivity contribution in [3.63, 3.8) is 0 Å². The van der Waals surface area contributed by atoms with Crippen LogP contribution in [0.4, 0.5) is 15.8 Å². The highest BCUT2D eigenvalue weighted by Crippen LogP contribution is 2.30. The molecule has 0 bridgehead atoms. The molecule has 3 heterocycles. The number of rotatable bonds is 3. The maximum absolute atomic E-state index is 14.6. The van der Waals surface area contributed by atoms with Gasteiger partial charge in [0.25, 0.3) is 0 Å². The van der Waals surface area contributed by atoms with Gasteiger partial charge in [-0.05, 0) is 43.7 Å². The topological polar surface area (TPSA) is 89.6 Å². The number of aryl methyl sites for hydroxylation is 3. The van der Waals surface area contributed by atoms with E-state index in [-0.39, 0.29) is 5.82 Å². The molecule has 1 fully saturated rings. The van der Waals surface area contributed by atoms with Gasteiger partial charge in [-0.1, -0.05) is 0 Å². The van der Waals surface area contributed by atoms with E-state index in [1.807, 2.05) is 26.8 Å². The Labute approximate surface area is 150 Å². The van der Waals surface area contributed by atoms with Gasteiger partial charge in [0.1, 0.15) is 5.82 Å². The van der Waals surface area contributed by atoms with E-state index >= 15 is 0 Å². The zero-order chi connectivity index (χ0) is 18.3. The lowest BCUT2D eigenvalue weighted by molar-refractivity contribution is 0.596. The van der Waals surface area contributed by atoms with E-state index in [1.165, 1.54) is 6.07 Å². The molecule has 1 aromatic carbocycles. The van der Waals surface area contributed by atoms with E-state index in [0.29, 0.717) is 11.5 Å². The van der Waals surface area contributed by atoms with E-state index in [4.69, 9.17) is 0 Å². The van der Waals surface area contributed by atoms with E-state index in [9.17, 15) is 4.39 Å². The first-order chi connectivity index (χ1) is 12.5. The van der Waals surface area contributed by atoms with Gasteiger partial charge in [0.15, 0.2) is 0 Å². The number of hydrogen-bond donors (Lipinski definition) is 2. The van der Waals surface area contributed by atoms with E-state index in [0.717, 1.165) is 54.4 Å². The highest BCUT2D eigenvalue weighted by molar-refractivity contribution is 5.67. The number of H-pyrrole nitrogens is 2. The summed E-state index contributed by atoms with van der Waals surface area (Å²) in [4.78, 5) is 4.37. The third-order valence-electron chi connectivity index (χ3n) is 4.91. The molecule has 0 atom stereocenters. The van der Waals surface area contributed by atoms with Crippen molar-refractivity contribution in [1.82, 2.24) is 30.8 Å². The molecule has 136 valence electrons. The van der Waals surface area contributed by atoms with Crippen LogP contribution in [0.1, 0.15) is 17.0 Å². The monoisotopic (exact) mass is 356 g/mol. The molecule has 9 heteroatoms. The normalized spacial score (nSPS) is 14.9. The third kappa shape index (κ3) is 2.79. The maximum Gasteiger partial charge on any atom is 0.205 e. The quantitative estimate of drug-likeness (QED) is 0.746. The molecule has 0 unspecified atom stereocenters. The molecule has 0 amide bonds. The fourth-order valence-corrected chi connectivity index (χ4v) is 3.60. The Morgan fingerprint density at radius 3 is 2.35 bits per heavy atom. The zero-order valence-corrected chi connectivity index (χ0v) is 15.0. The van der Waals surface area contributed by atoms with Crippen LogP contribution in [-0.4, -0.2) is 57.0 Å². The number of nitrogens with one attached hydrogen (secondary N) is 2. The van der Waals surface area contributed by atoms with Crippen LogP contribution in [0, 0.1) is 26.6 Å². The van der Waals surface area contributed by atoms with E-state index < -0.39 is 0 Å². The average molecular weight is 356 g/mol. The van der Waals surface area contributed by atoms with Crippen LogP contribution in [0.15, 0.2) is 12.1 Å². The van der Waals surface area contributed by atoms with Gasteiger partial charge >= 0.3 is 0 Å². The van der Waals surface area contributed by atoms with Crippen LogP contribution < -0.4 is 9.80 Å². The molecule has 2 aromatic heterocycles. The summed E-state index contributed by atoms with van der Waals surface area (Å²) in [6.07, 6.45) is 0. The van der Waals surface area contributed by atoms with Crippen molar-refractivity contribution in [3.8, 4) is 11.4 Å². The Morgan fingerprint density at radius 2 is 1.73 bits per heavy atom. The first-order valence-corrected chi connectivity index (χ1v) is 8.60. The third-order valence-corrected chi connectivity index (χ3v) is 4.91. The van der Waals surface area contributed by atoms with Gasteiger partial charge in [-0.3, -0.25) is 5.10 Å². The Kier molecular flexibility index (Phi) is 4.06. The van der Waals surface area contributed by atoms with Crippen molar-refractivity contribution in [2.75, 3.05) is 36.0 Å². The van der Waals surface area contributed by atoms with Gasteiger partial charge in [0.2, 0.25) is 5.82 Å². The smallest absolute Gasteiger partial charge is 0.205 e. The predicted molar refractivity (Wildman–Crippen MR) is 96.8 cm³/mol. The Bertz CT molecular complexity index is 890. The minimum atomic E-state index is -0.223. The zero-order valence-electron chi connectivity index (χ0n) is 15.0. The van der Waals surface area contributed by atoms with E-state index in [2.05, 4.69) is 40.6 Å². The molecule has 26 heavy (non-hydrogen) atoms. The Hall–Kier alpha value is -2.97. The van der Waals surface area contributed by atoms with Crippen LogP contribution in [-0.2, 0) is 0 Å². The van der Waals surface area contributed by atoms with Gasteiger partial charge in [0, 0.05) is 31.7 Å². The van der Waals surface area contributed by atoms with Crippen molar-refractivity contribution >= 4 is 11.4 Å². The number of hydrogen-bond acceptors (Lipinski definition) is 6. The molecule has 0 spiro atoms. The second kappa shape index (κ2) is 6.40. The fourth-order valence-electron chi connectivity index (χ4n) is 3.60. The average Bonchev–Trinajstić information content (AvgIpc) is 3.26. The number of anilines is 2. The highest BCUT2D eigenvalue weighted by atomic mass is 19.1. The first-order valence-electron chi connectivity index (χ1n) is 8.60. The van der Waals surface area contributed by atoms with Gasteiger partial charge in [-0.25, -0.2) is 4.39 Å². The number of benzene rings is 1. The summed E-state index contributed by atoms with van der Waals surface area (Å²) in [6, 6.07) is 3.36. The molecule has 1 saturated heterocycles. The SMILES string of the molecule is Cc1cc(F)c(N2CCN(c3c(C)n[nH]c3C)CC2)cc1-c1nn[nH]n1. The Morgan fingerprint density at radius 1 is 1.00 bits per heavy atom. The molecule has 0 saturated carbocycles. The summed E-state index contributed by atoms with van der Waals surface area (Å²) in [5.41, 5.74) is 5.38. The first kappa shape index (κ1) is 16.5. The van der Waals surface area contributed by atoms with Crippen LogP contribution in [0.5, 0.6) is 0 Å². The maximum atomic E-state index is 14.6. The Balaban J connectivity index is 1.57. The number of aromatic nitrogens is 6. The minimum Gasteiger partial charge on any atom is -0.366 e. The lowest BCUT2D eigenvalue weighted by Crippen LogP contribution is -2.47. The summed E-state index contributed by atoms with van der Waals surface area (Å²) in [7, 11) is 0. The summed E-state index contributed by atoms with van der Waals surface area (Å²) in [5, 5.41) is 21.4. The lowest BCUT2D eigenvalue weighted by atomic mass is 10.1. The summed E-state index contributed by atoms with van der Waals surface area (Å²) in [6.45, 7) is 8.96. The molecule has 2 N–H and O–H groups in total. The van der Waals surface area contributed by atoms with Gasteiger partial charge in [0.05, 0.1) is 22.8 Å². The number of nitrogens with zero attached hydrogens (tertiary/aromatic N) is 6. The van der Waals surface area contributed by atoms with Crippen LogP contribution in [0.25, 0.3) is 11.4 Å². The molecule has 1 aliphatic rings. The van der Waals surface area contributed by atoms with E-state index in [1.54, 1.807) is 0 Å². The fraction of sp³-hybridized carbons (Fsp3) is 0.412. The standard InChI is InChI=1S/C17H21FN8/c1-10-8-14(18)15(9-13(10)17-21-23-24-22-17)25-4-6-26(7-5-25)16-11(2)19-20-12(16)3/h8-9H,4-7H2,1-3H3,(H,19,20)(H,21,22,23,24). The van der Waals surface area contributed by atoms with Crippen molar-refractivity contribution in [2.24, 2.45) is 0 Å². The molecule has 4 rings (SSSR count). The number of halogens is 1. The summed E-state index contributed by atoms with van der Waals surface area (Å²) in [5.74, 6) is 0.255. The minimum absolute atomic E-state index is 0.223. The molecular weight excluding hydrogens is 335 g/mol. The van der Waals surface area contributed by atoms with Crippen LogP contribution in [0.2, 0.25) is 0 Å². The van der Waals surface area contributed by atoms with Crippen molar-refractivity contribution in [1.29, 1.82) is 0 Å².